The normalized spacial score (nSPS) is 11.9. The largest absolute Gasteiger partial charge is 0.345 e. The zero-order valence-corrected chi connectivity index (χ0v) is 9.42. The van der Waals surface area contributed by atoms with E-state index in [0.29, 0.717) is 6.42 Å². The molecule has 0 aromatic heterocycles. The monoisotopic (exact) mass is 196 g/mol. The van der Waals surface area contributed by atoms with Gasteiger partial charge < -0.3 is 4.90 Å². The first-order chi connectivity index (χ1) is 6.67. The van der Waals surface area contributed by atoms with Crippen LogP contribution in [0.3, 0.4) is 0 Å². The van der Waals surface area contributed by atoms with E-state index in [9.17, 15) is 4.79 Å². The SMILES string of the molecule is CCCCN(C)C(=O)C(C#N)CCC. The van der Waals surface area contributed by atoms with E-state index < -0.39 is 5.92 Å². The van der Waals surface area contributed by atoms with Gasteiger partial charge in [-0.05, 0) is 12.8 Å². The van der Waals surface area contributed by atoms with Gasteiger partial charge in [-0.3, -0.25) is 4.79 Å². The highest BCUT2D eigenvalue weighted by Crippen LogP contribution is 2.09. The minimum Gasteiger partial charge on any atom is -0.345 e. The maximum Gasteiger partial charge on any atom is 0.239 e. The number of amides is 1. The van der Waals surface area contributed by atoms with E-state index >= 15 is 0 Å². The van der Waals surface area contributed by atoms with Crippen LogP contribution in [0.25, 0.3) is 0 Å². The van der Waals surface area contributed by atoms with E-state index in [0.717, 1.165) is 25.8 Å². The van der Waals surface area contributed by atoms with E-state index in [2.05, 4.69) is 13.0 Å². The fourth-order valence-corrected chi connectivity index (χ4v) is 1.30. The molecular weight excluding hydrogens is 176 g/mol. The second kappa shape index (κ2) is 7.37. The van der Waals surface area contributed by atoms with Gasteiger partial charge in [0, 0.05) is 13.6 Å². The van der Waals surface area contributed by atoms with Crippen LogP contribution in [0.4, 0.5) is 0 Å². The predicted molar refractivity (Wildman–Crippen MR) is 56.6 cm³/mol. The number of unbranched alkanes of at least 4 members (excludes halogenated alkanes) is 1. The zero-order chi connectivity index (χ0) is 11.0. The summed E-state index contributed by atoms with van der Waals surface area (Å²) in [4.78, 5) is 13.3. The number of hydrogen-bond acceptors (Lipinski definition) is 2. The number of carbonyl (C=O) groups excluding carboxylic acids is 1. The van der Waals surface area contributed by atoms with Gasteiger partial charge in [0.1, 0.15) is 5.92 Å². The second-order valence-corrected chi connectivity index (χ2v) is 3.58. The van der Waals surface area contributed by atoms with Gasteiger partial charge >= 0.3 is 0 Å². The predicted octanol–water partition coefficient (Wildman–Crippen LogP) is 2.18. The van der Waals surface area contributed by atoms with E-state index in [1.54, 1.807) is 11.9 Å². The molecule has 0 aliphatic heterocycles. The summed E-state index contributed by atoms with van der Waals surface area (Å²) in [5.74, 6) is -0.468. The van der Waals surface area contributed by atoms with Crippen molar-refractivity contribution in [2.45, 2.75) is 39.5 Å². The van der Waals surface area contributed by atoms with Crippen molar-refractivity contribution in [3.63, 3.8) is 0 Å². The third kappa shape index (κ3) is 4.27. The van der Waals surface area contributed by atoms with Gasteiger partial charge in [-0.1, -0.05) is 26.7 Å². The Morgan fingerprint density at radius 3 is 2.50 bits per heavy atom. The highest BCUT2D eigenvalue weighted by Gasteiger charge is 2.19. The lowest BCUT2D eigenvalue weighted by Crippen LogP contribution is -2.33. The molecule has 0 bridgehead atoms. The summed E-state index contributed by atoms with van der Waals surface area (Å²) in [5.41, 5.74) is 0. The summed E-state index contributed by atoms with van der Waals surface area (Å²) in [6, 6.07) is 2.07. The van der Waals surface area contributed by atoms with Crippen LogP contribution in [0.5, 0.6) is 0 Å². The van der Waals surface area contributed by atoms with E-state index in [4.69, 9.17) is 5.26 Å². The lowest BCUT2D eigenvalue weighted by atomic mass is 10.0. The van der Waals surface area contributed by atoms with Crippen LogP contribution in [-0.4, -0.2) is 24.4 Å². The summed E-state index contributed by atoms with van der Waals surface area (Å²) in [7, 11) is 1.78. The van der Waals surface area contributed by atoms with Gasteiger partial charge in [0.2, 0.25) is 5.91 Å². The average Bonchev–Trinajstić information content (AvgIpc) is 2.21. The number of carbonyl (C=O) groups is 1. The van der Waals surface area contributed by atoms with Crippen molar-refractivity contribution < 1.29 is 4.79 Å². The summed E-state index contributed by atoms with van der Waals surface area (Å²) >= 11 is 0. The molecule has 0 aliphatic rings. The minimum atomic E-state index is -0.443. The summed E-state index contributed by atoms with van der Waals surface area (Å²) < 4.78 is 0. The first kappa shape index (κ1) is 13.0. The van der Waals surface area contributed by atoms with Crippen molar-refractivity contribution in [3.05, 3.63) is 0 Å². The van der Waals surface area contributed by atoms with E-state index in [1.165, 1.54) is 0 Å². The molecule has 14 heavy (non-hydrogen) atoms. The Bertz CT molecular complexity index is 208. The molecule has 0 aliphatic carbocycles. The highest BCUT2D eigenvalue weighted by molar-refractivity contribution is 5.80. The third-order valence-corrected chi connectivity index (χ3v) is 2.25. The number of hydrogen-bond donors (Lipinski definition) is 0. The molecular formula is C11H20N2O. The van der Waals surface area contributed by atoms with Crippen molar-refractivity contribution in [2.24, 2.45) is 5.92 Å². The Hall–Kier alpha value is -1.04. The van der Waals surface area contributed by atoms with Gasteiger partial charge in [-0.2, -0.15) is 5.26 Å². The van der Waals surface area contributed by atoms with Crippen molar-refractivity contribution in [2.75, 3.05) is 13.6 Å². The molecule has 0 radical (unpaired) electrons. The third-order valence-electron chi connectivity index (χ3n) is 2.25. The van der Waals surface area contributed by atoms with Crippen LogP contribution in [0.2, 0.25) is 0 Å². The number of nitrogens with zero attached hydrogens (tertiary/aromatic N) is 2. The molecule has 0 heterocycles. The molecule has 1 amide bonds. The molecule has 0 aromatic rings. The molecule has 0 saturated heterocycles. The molecule has 1 atom stereocenters. The van der Waals surface area contributed by atoms with E-state index in [-0.39, 0.29) is 5.91 Å². The Kier molecular flexibility index (Phi) is 6.82. The Morgan fingerprint density at radius 2 is 2.07 bits per heavy atom. The molecule has 0 fully saturated rings. The van der Waals surface area contributed by atoms with Gasteiger partial charge in [-0.15, -0.1) is 0 Å². The molecule has 0 rings (SSSR count). The smallest absolute Gasteiger partial charge is 0.239 e. The number of rotatable bonds is 6. The summed E-state index contributed by atoms with van der Waals surface area (Å²) in [6.45, 7) is 4.84. The lowest BCUT2D eigenvalue weighted by Gasteiger charge is -2.19. The van der Waals surface area contributed by atoms with Gasteiger partial charge in [0.05, 0.1) is 6.07 Å². The van der Waals surface area contributed by atoms with Crippen LogP contribution in [0.1, 0.15) is 39.5 Å². The minimum absolute atomic E-state index is 0.0252. The Labute approximate surface area is 86.7 Å². The molecule has 3 heteroatoms. The first-order valence-corrected chi connectivity index (χ1v) is 5.31. The standard InChI is InChI=1S/C11H20N2O/c1-4-6-8-13(3)11(14)10(9-12)7-5-2/h10H,4-8H2,1-3H3. The average molecular weight is 196 g/mol. The second-order valence-electron chi connectivity index (χ2n) is 3.58. The first-order valence-electron chi connectivity index (χ1n) is 5.31. The van der Waals surface area contributed by atoms with Crippen LogP contribution >= 0.6 is 0 Å². The Morgan fingerprint density at radius 1 is 1.43 bits per heavy atom. The van der Waals surface area contributed by atoms with Crippen LogP contribution in [0.15, 0.2) is 0 Å². The van der Waals surface area contributed by atoms with Gasteiger partial charge in [-0.25, -0.2) is 0 Å². The van der Waals surface area contributed by atoms with Crippen LogP contribution in [0, 0.1) is 17.2 Å². The molecule has 0 N–H and O–H groups in total. The van der Waals surface area contributed by atoms with Crippen molar-refractivity contribution in [1.29, 1.82) is 5.26 Å². The molecule has 3 nitrogen and oxygen atoms in total. The zero-order valence-electron chi connectivity index (χ0n) is 9.42. The highest BCUT2D eigenvalue weighted by atomic mass is 16.2. The molecule has 0 aromatic carbocycles. The van der Waals surface area contributed by atoms with Crippen LogP contribution < -0.4 is 0 Å². The fourth-order valence-electron chi connectivity index (χ4n) is 1.30. The molecule has 0 spiro atoms. The summed E-state index contributed by atoms with van der Waals surface area (Å²) in [6.07, 6.45) is 3.63. The van der Waals surface area contributed by atoms with Crippen LogP contribution in [-0.2, 0) is 4.79 Å². The fraction of sp³-hybridized carbons (Fsp3) is 0.818. The lowest BCUT2D eigenvalue weighted by molar-refractivity contribution is -0.132. The maximum atomic E-state index is 11.7. The maximum absolute atomic E-state index is 11.7. The van der Waals surface area contributed by atoms with Crippen molar-refractivity contribution >= 4 is 5.91 Å². The quantitative estimate of drug-likeness (QED) is 0.653. The molecule has 1 unspecified atom stereocenters. The summed E-state index contributed by atoms with van der Waals surface area (Å²) in [5, 5.41) is 8.80. The topological polar surface area (TPSA) is 44.1 Å². The van der Waals surface area contributed by atoms with Crippen molar-refractivity contribution in [3.8, 4) is 6.07 Å². The number of nitriles is 1. The molecule has 80 valence electrons. The van der Waals surface area contributed by atoms with Gasteiger partial charge in [0.25, 0.3) is 0 Å². The van der Waals surface area contributed by atoms with Crippen molar-refractivity contribution in [1.82, 2.24) is 4.90 Å². The Balaban J connectivity index is 4.07. The van der Waals surface area contributed by atoms with Gasteiger partial charge in [0.15, 0.2) is 0 Å². The van der Waals surface area contributed by atoms with E-state index in [1.807, 2.05) is 6.92 Å². The molecule has 0 saturated carbocycles.